The van der Waals surface area contributed by atoms with Crippen LogP contribution in [0.4, 0.5) is 0 Å². The van der Waals surface area contributed by atoms with Crippen LogP contribution in [-0.4, -0.2) is 61.5 Å². The predicted octanol–water partition coefficient (Wildman–Crippen LogP) is 0.848. The maximum atomic E-state index is 9.42. The molecule has 0 radical (unpaired) electrons. The summed E-state index contributed by atoms with van der Waals surface area (Å²) in [7, 11) is 1.80. The topological polar surface area (TPSA) is 44.7 Å². The second-order valence-corrected chi connectivity index (χ2v) is 5.28. The summed E-state index contributed by atoms with van der Waals surface area (Å²) in [6.45, 7) is 8.58. The van der Waals surface area contributed by atoms with E-state index in [9.17, 15) is 5.11 Å². The first-order valence-electron chi connectivity index (χ1n) is 6.74. The van der Waals surface area contributed by atoms with Crippen LogP contribution in [0.3, 0.4) is 0 Å². The molecule has 1 atom stereocenters. The maximum Gasteiger partial charge on any atom is 0.0611 e. The number of hydrogen-bond donors (Lipinski definition) is 2. The summed E-state index contributed by atoms with van der Waals surface area (Å²) in [5.74, 6) is 0. The van der Waals surface area contributed by atoms with Crippen LogP contribution in [0.15, 0.2) is 0 Å². The summed E-state index contributed by atoms with van der Waals surface area (Å²) in [4.78, 5) is 2.47. The van der Waals surface area contributed by atoms with Crippen LogP contribution in [0, 0.1) is 0 Å². The minimum atomic E-state index is -0.132. The molecule has 0 aliphatic carbocycles. The van der Waals surface area contributed by atoms with Crippen molar-refractivity contribution in [2.75, 3.05) is 39.9 Å². The van der Waals surface area contributed by atoms with Crippen molar-refractivity contribution in [3.05, 3.63) is 0 Å². The van der Waals surface area contributed by atoms with E-state index < -0.39 is 0 Å². The molecule has 0 aromatic carbocycles. The van der Waals surface area contributed by atoms with Gasteiger partial charge in [-0.3, -0.25) is 0 Å². The van der Waals surface area contributed by atoms with Crippen molar-refractivity contribution in [2.45, 2.75) is 44.8 Å². The molecule has 2 N–H and O–H groups in total. The minimum absolute atomic E-state index is 0.132. The number of hydrogen-bond acceptors (Lipinski definition) is 4. The number of methoxy groups -OCH3 is 1. The highest BCUT2D eigenvalue weighted by Gasteiger charge is 2.24. The molecular weight excluding hydrogens is 216 g/mol. The number of likely N-dealkylation sites (tertiary alicyclic amines) is 1. The van der Waals surface area contributed by atoms with Gasteiger partial charge < -0.3 is 20.1 Å². The molecule has 4 nitrogen and oxygen atoms in total. The molecule has 1 aliphatic rings. The van der Waals surface area contributed by atoms with E-state index in [1.54, 1.807) is 7.11 Å². The number of nitrogens with one attached hydrogen (secondary N) is 1. The number of ether oxygens (including phenoxy) is 1. The Bertz CT molecular complexity index is 206. The number of aliphatic hydroxyl groups excluding tert-OH is 1. The molecule has 0 spiro atoms. The SMILES string of the molecule is CCNC(C)(CO)CCN1CCC(OC)CC1. The zero-order valence-electron chi connectivity index (χ0n) is 11.5. The molecule has 4 heteroatoms. The van der Waals surface area contributed by atoms with Crippen molar-refractivity contribution in [3.8, 4) is 0 Å². The molecule has 1 rings (SSSR count). The molecule has 0 aromatic rings. The fourth-order valence-electron chi connectivity index (χ4n) is 2.42. The van der Waals surface area contributed by atoms with Crippen molar-refractivity contribution in [2.24, 2.45) is 0 Å². The lowest BCUT2D eigenvalue weighted by Crippen LogP contribution is -2.48. The zero-order chi connectivity index (χ0) is 12.7. The van der Waals surface area contributed by atoms with Crippen molar-refractivity contribution < 1.29 is 9.84 Å². The Morgan fingerprint density at radius 2 is 2.06 bits per heavy atom. The Kier molecular flexibility index (Phi) is 6.41. The molecule has 0 saturated carbocycles. The van der Waals surface area contributed by atoms with Gasteiger partial charge in [-0.15, -0.1) is 0 Å². The quantitative estimate of drug-likeness (QED) is 0.697. The lowest BCUT2D eigenvalue weighted by Gasteiger charge is -2.35. The summed E-state index contributed by atoms with van der Waals surface area (Å²) in [6, 6.07) is 0. The third kappa shape index (κ3) is 4.92. The van der Waals surface area contributed by atoms with Crippen LogP contribution in [0.25, 0.3) is 0 Å². The van der Waals surface area contributed by atoms with E-state index in [0.29, 0.717) is 6.10 Å². The van der Waals surface area contributed by atoms with Crippen LogP contribution in [0.2, 0.25) is 0 Å². The van der Waals surface area contributed by atoms with Gasteiger partial charge in [-0.2, -0.15) is 0 Å². The molecular formula is C13H28N2O2. The van der Waals surface area contributed by atoms with Crippen molar-refractivity contribution in [1.82, 2.24) is 10.2 Å². The van der Waals surface area contributed by atoms with Gasteiger partial charge >= 0.3 is 0 Å². The summed E-state index contributed by atoms with van der Waals surface area (Å²) < 4.78 is 5.37. The van der Waals surface area contributed by atoms with E-state index >= 15 is 0 Å². The Morgan fingerprint density at radius 3 is 2.53 bits per heavy atom. The van der Waals surface area contributed by atoms with Crippen molar-refractivity contribution in [3.63, 3.8) is 0 Å². The minimum Gasteiger partial charge on any atom is -0.394 e. The Morgan fingerprint density at radius 1 is 1.41 bits per heavy atom. The van der Waals surface area contributed by atoms with Crippen LogP contribution >= 0.6 is 0 Å². The van der Waals surface area contributed by atoms with Crippen molar-refractivity contribution >= 4 is 0 Å². The summed E-state index contributed by atoms with van der Waals surface area (Å²) >= 11 is 0. The van der Waals surface area contributed by atoms with Gasteiger partial charge in [0.25, 0.3) is 0 Å². The highest BCUT2D eigenvalue weighted by atomic mass is 16.5. The normalized spacial score (nSPS) is 22.6. The Balaban J connectivity index is 2.26. The number of nitrogens with zero attached hydrogens (tertiary/aromatic N) is 1. The van der Waals surface area contributed by atoms with E-state index in [-0.39, 0.29) is 12.1 Å². The standard InChI is InChI=1S/C13H28N2O2/c1-4-14-13(2,11-16)7-10-15-8-5-12(17-3)6-9-15/h12,14,16H,4-11H2,1-3H3. The second kappa shape index (κ2) is 7.31. The molecule has 102 valence electrons. The Hall–Kier alpha value is -0.160. The third-order valence-corrected chi connectivity index (χ3v) is 3.80. The van der Waals surface area contributed by atoms with Crippen molar-refractivity contribution in [1.29, 1.82) is 0 Å². The van der Waals surface area contributed by atoms with Gasteiger partial charge in [-0.05, 0) is 39.3 Å². The lowest BCUT2D eigenvalue weighted by atomic mass is 9.97. The fourth-order valence-corrected chi connectivity index (χ4v) is 2.42. The molecule has 17 heavy (non-hydrogen) atoms. The molecule has 1 aliphatic heterocycles. The van der Waals surface area contributed by atoms with E-state index in [1.807, 2.05) is 0 Å². The molecule has 0 aromatic heterocycles. The number of likely N-dealkylation sites (N-methyl/N-ethyl adjacent to an activating group) is 1. The smallest absolute Gasteiger partial charge is 0.0611 e. The predicted molar refractivity (Wildman–Crippen MR) is 70.3 cm³/mol. The lowest BCUT2D eigenvalue weighted by molar-refractivity contribution is 0.0368. The highest BCUT2D eigenvalue weighted by Crippen LogP contribution is 2.16. The Labute approximate surface area is 105 Å². The van der Waals surface area contributed by atoms with Gasteiger partial charge in [0.2, 0.25) is 0 Å². The average Bonchev–Trinajstić information content (AvgIpc) is 2.37. The summed E-state index contributed by atoms with van der Waals surface area (Å²) in [6.07, 6.45) is 3.71. The highest BCUT2D eigenvalue weighted by molar-refractivity contribution is 4.84. The van der Waals surface area contributed by atoms with Crippen LogP contribution in [-0.2, 0) is 4.74 Å². The van der Waals surface area contributed by atoms with Gasteiger partial charge in [-0.1, -0.05) is 6.92 Å². The summed E-state index contributed by atoms with van der Waals surface area (Å²) in [5.41, 5.74) is -0.132. The fraction of sp³-hybridized carbons (Fsp3) is 1.00. The largest absolute Gasteiger partial charge is 0.394 e. The number of piperidine rings is 1. The number of aliphatic hydroxyl groups is 1. The zero-order valence-corrected chi connectivity index (χ0v) is 11.5. The first kappa shape index (κ1) is 14.9. The van der Waals surface area contributed by atoms with Gasteiger partial charge in [-0.25, -0.2) is 0 Å². The first-order chi connectivity index (χ1) is 8.13. The van der Waals surface area contributed by atoms with Crippen LogP contribution in [0.5, 0.6) is 0 Å². The molecule has 1 heterocycles. The molecule has 1 fully saturated rings. The first-order valence-corrected chi connectivity index (χ1v) is 6.74. The van der Waals surface area contributed by atoms with Gasteiger partial charge in [0.05, 0.1) is 12.7 Å². The van der Waals surface area contributed by atoms with Gasteiger partial charge in [0, 0.05) is 25.7 Å². The molecule has 1 saturated heterocycles. The maximum absolute atomic E-state index is 9.42. The van der Waals surface area contributed by atoms with Gasteiger partial charge in [0.15, 0.2) is 0 Å². The van der Waals surface area contributed by atoms with E-state index in [1.165, 1.54) is 0 Å². The van der Waals surface area contributed by atoms with E-state index in [0.717, 1.165) is 45.4 Å². The number of rotatable bonds is 7. The van der Waals surface area contributed by atoms with E-state index in [4.69, 9.17) is 4.74 Å². The monoisotopic (exact) mass is 244 g/mol. The van der Waals surface area contributed by atoms with Crippen LogP contribution < -0.4 is 5.32 Å². The molecule has 0 bridgehead atoms. The molecule has 0 amide bonds. The molecule has 1 unspecified atom stereocenters. The van der Waals surface area contributed by atoms with E-state index in [2.05, 4.69) is 24.1 Å². The van der Waals surface area contributed by atoms with Crippen LogP contribution in [0.1, 0.15) is 33.1 Å². The summed E-state index contributed by atoms with van der Waals surface area (Å²) in [5, 5.41) is 12.8. The third-order valence-electron chi connectivity index (χ3n) is 3.80. The van der Waals surface area contributed by atoms with Gasteiger partial charge in [0.1, 0.15) is 0 Å². The average molecular weight is 244 g/mol. The second-order valence-electron chi connectivity index (χ2n) is 5.28.